The van der Waals surface area contributed by atoms with E-state index >= 15 is 0 Å². The summed E-state index contributed by atoms with van der Waals surface area (Å²) in [4.78, 5) is 0. The summed E-state index contributed by atoms with van der Waals surface area (Å²) in [5, 5.41) is 23.0. The molecule has 0 spiro atoms. The molecule has 19 rings (SSSR count). The number of para-hydroxylation sites is 3. The van der Waals surface area contributed by atoms with Gasteiger partial charge < -0.3 is 13.7 Å². The molecule has 4 aromatic heterocycles. The van der Waals surface area contributed by atoms with Crippen molar-refractivity contribution in [3.8, 4) is 28.2 Å². The first kappa shape index (κ1) is 50.1. The second-order valence-corrected chi connectivity index (χ2v) is 28.7. The molecule has 19 aromatic rings. The van der Waals surface area contributed by atoms with Crippen LogP contribution < -0.4 is 20.7 Å². The molecule has 0 saturated carbocycles. The maximum absolute atomic E-state index is 3.03. The van der Waals surface area contributed by atoms with Gasteiger partial charge >= 0.3 is 0 Å². The number of hydrogen-bond acceptors (Lipinski definition) is 1. The fourth-order valence-corrected chi connectivity index (χ4v) is 21.6. The Balaban J connectivity index is 0.851. The third-order valence-electron chi connectivity index (χ3n) is 19.4. The SMILES string of the molecule is c1ccc([Si](c2ccccc2)(c2ccc(-n3c4cc(-n5c6ccccc6c6cc(-n7c8ccccc8c8ccccc87)ccc65)ccc4c4c5c6ccccc6c6ccccc6c5ccc43)cc2)c2cccc(-c3cccc4c3sc3ccccc34)c2)cc1. The van der Waals surface area contributed by atoms with E-state index in [0.717, 1.165) is 28.1 Å². The quantitative estimate of drug-likeness (QED) is 0.0818. The highest BCUT2D eigenvalue weighted by molar-refractivity contribution is 7.26. The summed E-state index contributed by atoms with van der Waals surface area (Å²) in [6.07, 6.45) is 0. The summed E-state index contributed by atoms with van der Waals surface area (Å²) in [7, 11) is -3.03. The van der Waals surface area contributed by atoms with Gasteiger partial charge in [0.2, 0.25) is 0 Å². The van der Waals surface area contributed by atoms with Crippen LogP contribution in [0.5, 0.6) is 0 Å². The summed E-state index contributed by atoms with van der Waals surface area (Å²) in [6.45, 7) is 0. The lowest BCUT2D eigenvalue weighted by Gasteiger charge is -2.35. The van der Waals surface area contributed by atoms with Crippen molar-refractivity contribution in [3.05, 3.63) is 322 Å². The van der Waals surface area contributed by atoms with Gasteiger partial charge in [-0.05, 0) is 132 Å². The van der Waals surface area contributed by atoms with E-state index in [0.29, 0.717) is 0 Å². The molecule has 5 heteroatoms. The maximum Gasteiger partial charge on any atom is 0.179 e. The molecule has 0 atom stereocenters. The zero-order chi connectivity index (χ0) is 58.3. The maximum atomic E-state index is 2.55. The minimum absolute atomic E-state index is 1.11. The summed E-state index contributed by atoms with van der Waals surface area (Å²) in [5.74, 6) is 0. The molecule has 0 amide bonds. The first-order valence-corrected chi connectivity index (χ1v) is 33.5. The van der Waals surface area contributed by atoms with Crippen molar-refractivity contribution in [2.24, 2.45) is 0 Å². The van der Waals surface area contributed by atoms with Crippen LogP contribution in [0.25, 0.3) is 146 Å². The second kappa shape index (κ2) is 19.5. The minimum Gasteiger partial charge on any atom is -0.309 e. The number of fused-ring (bicyclic) bond motifs is 19. The van der Waals surface area contributed by atoms with Gasteiger partial charge in [-0.1, -0.05) is 249 Å². The first-order valence-electron chi connectivity index (χ1n) is 30.7. The highest BCUT2D eigenvalue weighted by Gasteiger charge is 2.42. The van der Waals surface area contributed by atoms with Crippen molar-refractivity contribution in [1.29, 1.82) is 0 Å². The summed E-state index contributed by atoms with van der Waals surface area (Å²) in [6, 6.07) is 121. The fraction of sp³-hybridized carbons (Fsp3) is 0. The van der Waals surface area contributed by atoms with E-state index < -0.39 is 8.07 Å². The molecule has 3 nitrogen and oxygen atoms in total. The first-order chi connectivity index (χ1) is 44.2. The number of hydrogen-bond donors (Lipinski definition) is 0. The molecule has 0 bridgehead atoms. The minimum atomic E-state index is -3.03. The van der Waals surface area contributed by atoms with Crippen molar-refractivity contribution < 1.29 is 0 Å². The Morgan fingerprint density at radius 3 is 1.33 bits per heavy atom. The normalized spacial score (nSPS) is 12.3. The average molecular weight is 1160 g/mol. The number of thiophene rings is 1. The van der Waals surface area contributed by atoms with E-state index in [1.54, 1.807) is 0 Å². The molecule has 0 fully saturated rings. The van der Waals surface area contributed by atoms with Gasteiger partial charge in [0.25, 0.3) is 0 Å². The van der Waals surface area contributed by atoms with Crippen LogP contribution >= 0.6 is 11.3 Å². The molecule has 0 radical (unpaired) electrons. The van der Waals surface area contributed by atoms with E-state index in [4.69, 9.17) is 0 Å². The standard InChI is InChI=1S/C84H53N3SSi/c1-3-22-58(23-4-1)89(59-24-5-2-6-25-59,61-26-19-21-54(51-61)62-35-20-36-72-69-33-14-18-40-81(69)88-84(62)72)60-45-41-55(42-46-60)85-79-50-48-71-65-29-8-7-27-63(65)64-28-9-10-34-70(64)82(71)83(79)73-47-43-57(53-80(73)85)87-77-39-17-13-32-68(77)74-52-56(44-49-78(74)87)86-75-37-15-11-30-66(75)67-31-12-16-38-76(67)86/h1-53H. The summed E-state index contributed by atoms with van der Waals surface area (Å²) < 4.78 is 10.1. The molecule has 0 N–H and O–H groups in total. The molecule has 0 unspecified atom stereocenters. The Labute approximate surface area is 518 Å². The number of aromatic nitrogens is 3. The third kappa shape index (κ3) is 7.26. The predicted molar refractivity (Wildman–Crippen MR) is 384 cm³/mol. The van der Waals surface area contributed by atoms with E-state index in [-0.39, 0.29) is 0 Å². The van der Waals surface area contributed by atoms with Gasteiger partial charge in [0.15, 0.2) is 8.07 Å². The smallest absolute Gasteiger partial charge is 0.179 e. The molecular formula is C84H53N3SSi. The van der Waals surface area contributed by atoms with E-state index in [1.807, 2.05) is 11.3 Å². The lowest BCUT2D eigenvalue weighted by atomic mass is 9.92. The van der Waals surface area contributed by atoms with Gasteiger partial charge in [0.05, 0.1) is 33.1 Å². The molecule has 0 aliphatic heterocycles. The Morgan fingerprint density at radius 2 is 0.663 bits per heavy atom. The zero-order valence-electron chi connectivity index (χ0n) is 48.3. The van der Waals surface area contributed by atoms with E-state index in [9.17, 15) is 0 Å². The predicted octanol–water partition coefficient (Wildman–Crippen LogP) is 19.8. The van der Waals surface area contributed by atoms with Crippen molar-refractivity contribution in [2.75, 3.05) is 0 Å². The number of benzene rings is 15. The molecular weight excluding hydrogens is 1110 g/mol. The van der Waals surface area contributed by atoms with Crippen molar-refractivity contribution in [1.82, 2.24) is 13.7 Å². The Kier molecular flexibility index (Phi) is 11.0. The third-order valence-corrected chi connectivity index (χ3v) is 25.4. The van der Waals surface area contributed by atoms with Gasteiger partial charge in [-0.15, -0.1) is 11.3 Å². The van der Waals surface area contributed by atoms with Gasteiger partial charge in [0.1, 0.15) is 0 Å². The van der Waals surface area contributed by atoms with Crippen molar-refractivity contribution >= 4 is 158 Å². The molecule has 0 aliphatic carbocycles. The van der Waals surface area contributed by atoms with E-state index in [2.05, 4.69) is 335 Å². The van der Waals surface area contributed by atoms with Crippen LogP contribution in [-0.4, -0.2) is 21.8 Å². The van der Waals surface area contributed by atoms with Gasteiger partial charge in [-0.3, -0.25) is 0 Å². The lowest BCUT2D eigenvalue weighted by Crippen LogP contribution is -2.74. The fourth-order valence-electron chi connectivity index (χ4n) is 15.6. The second-order valence-electron chi connectivity index (χ2n) is 23.8. The summed E-state index contributed by atoms with van der Waals surface area (Å²) >= 11 is 1.90. The Bertz CT molecular complexity index is 5980. The van der Waals surface area contributed by atoms with Crippen LogP contribution in [0.2, 0.25) is 0 Å². The van der Waals surface area contributed by atoms with Crippen LogP contribution in [0.15, 0.2) is 322 Å². The molecule has 0 aliphatic rings. The summed E-state index contributed by atoms with van der Waals surface area (Å²) in [5.41, 5.74) is 12.9. The Morgan fingerprint density at radius 1 is 0.225 bits per heavy atom. The lowest BCUT2D eigenvalue weighted by molar-refractivity contribution is 1.15. The Hall–Kier alpha value is -11.1. The molecule has 89 heavy (non-hydrogen) atoms. The zero-order valence-corrected chi connectivity index (χ0v) is 50.2. The molecule has 414 valence electrons. The van der Waals surface area contributed by atoms with Gasteiger partial charge in [-0.25, -0.2) is 0 Å². The molecule has 0 saturated heterocycles. The van der Waals surface area contributed by atoms with Crippen LogP contribution in [0.4, 0.5) is 0 Å². The van der Waals surface area contributed by atoms with Crippen LogP contribution in [-0.2, 0) is 0 Å². The van der Waals surface area contributed by atoms with Gasteiger partial charge in [-0.2, -0.15) is 0 Å². The van der Waals surface area contributed by atoms with Crippen molar-refractivity contribution in [2.45, 2.75) is 0 Å². The van der Waals surface area contributed by atoms with Crippen LogP contribution in [0.1, 0.15) is 0 Å². The van der Waals surface area contributed by atoms with Gasteiger partial charge in [0, 0.05) is 74.9 Å². The monoisotopic (exact) mass is 1160 g/mol. The van der Waals surface area contributed by atoms with Crippen LogP contribution in [0.3, 0.4) is 0 Å². The highest BCUT2D eigenvalue weighted by atomic mass is 32.1. The van der Waals surface area contributed by atoms with Crippen molar-refractivity contribution in [3.63, 3.8) is 0 Å². The topological polar surface area (TPSA) is 14.8 Å². The largest absolute Gasteiger partial charge is 0.309 e. The highest BCUT2D eigenvalue weighted by Crippen LogP contribution is 2.46. The number of nitrogens with zero attached hydrogens (tertiary/aromatic N) is 3. The molecule has 15 aromatic carbocycles. The van der Waals surface area contributed by atoms with Crippen LogP contribution in [0, 0.1) is 0 Å². The molecule has 4 heterocycles. The number of rotatable bonds is 8. The average Bonchev–Trinajstić information content (AvgIpc) is 1.69. The van der Waals surface area contributed by atoms with E-state index in [1.165, 1.54) is 139 Å².